The number of aromatic nitrogens is 6. The van der Waals surface area contributed by atoms with Crippen molar-refractivity contribution in [2.24, 2.45) is 5.73 Å². The highest BCUT2D eigenvalue weighted by Gasteiger charge is 2.26. The van der Waals surface area contributed by atoms with Crippen LogP contribution < -0.4 is 36.4 Å². The lowest BCUT2D eigenvalue weighted by atomic mass is 10.2. The maximum atomic E-state index is 12.8. The minimum atomic E-state index is -1.16. The second-order valence-corrected chi connectivity index (χ2v) is 57.0. The second kappa shape index (κ2) is 90.5. The van der Waals surface area contributed by atoms with Gasteiger partial charge in [-0.1, -0.05) is 102 Å². The summed E-state index contributed by atoms with van der Waals surface area (Å²) in [5, 5.41) is 39.8. The van der Waals surface area contributed by atoms with Crippen molar-refractivity contribution in [1.82, 2.24) is 38.9 Å². The van der Waals surface area contributed by atoms with Crippen LogP contribution in [0.15, 0.2) is 174 Å². The molecule has 0 saturated heterocycles. The topological polar surface area (TPSA) is 275 Å². The zero-order valence-electron chi connectivity index (χ0n) is 73.9. The molecular formula is C101H86Br8N9O11P9. The van der Waals surface area contributed by atoms with Crippen molar-refractivity contribution in [3.8, 4) is 285 Å². The molecule has 138 heavy (non-hydrogen) atoms. The van der Waals surface area contributed by atoms with E-state index in [0.717, 1.165) is 69.1 Å². The Hall–Kier alpha value is -10.4. The number of carbonyl (C=O) groups excluding carboxylic acids is 1. The van der Waals surface area contributed by atoms with E-state index in [4.69, 9.17) is 59.6 Å². The van der Waals surface area contributed by atoms with E-state index in [9.17, 15) is 19.2 Å². The third-order valence-electron chi connectivity index (χ3n) is 13.6. The van der Waals surface area contributed by atoms with Gasteiger partial charge in [0.2, 0.25) is 0 Å². The van der Waals surface area contributed by atoms with Crippen LogP contribution in [0.25, 0.3) is 11.4 Å². The molecule has 8 N–H and O–H groups in total. The van der Waals surface area contributed by atoms with Gasteiger partial charge in [0.05, 0.1) is 68.3 Å². The predicted molar refractivity (Wildman–Crippen MR) is 619 cm³/mol. The van der Waals surface area contributed by atoms with Gasteiger partial charge in [0, 0.05) is 96.6 Å². The Morgan fingerprint density at radius 3 is 1.13 bits per heavy atom. The van der Waals surface area contributed by atoms with Gasteiger partial charge in [-0.3, -0.25) is 14.4 Å². The number of nitrogens with zero attached hydrogens (tertiary/aromatic N) is 6. The molecule has 6 unspecified atom stereocenters. The normalized spacial score (nSPS) is 8.57. The minimum absolute atomic E-state index is 0. The summed E-state index contributed by atoms with van der Waals surface area (Å²) in [6.45, 7) is 10.9. The van der Waals surface area contributed by atoms with E-state index in [1.54, 1.807) is 76.9 Å². The van der Waals surface area contributed by atoms with Gasteiger partial charge in [-0.25, -0.2) is 14.8 Å². The van der Waals surface area contributed by atoms with Crippen molar-refractivity contribution in [3.05, 3.63) is 208 Å². The third kappa shape index (κ3) is 67.0. The molecule has 1 aliphatic heterocycles. The van der Waals surface area contributed by atoms with Crippen molar-refractivity contribution >= 4 is 216 Å². The number of carbonyl (C=O) groups is 2. The van der Waals surface area contributed by atoms with E-state index in [1.165, 1.54) is 23.0 Å². The molecule has 0 fully saturated rings. The van der Waals surface area contributed by atoms with E-state index >= 15 is 0 Å². The molecule has 0 spiro atoms. The number of aromatic amines is 1. The molecular weight excluding hydrogens is 2430 g/mol. The number of ether oxygens (including phenoxy) is 3. The van der Waals surface area contributed by atoms with Crippen LogP contribution >= 0.6 is 204 Å². The van der Waals surface area contributed by atoms with Crippen LogP contribution in [0.3, 0.4) is 0 Å². The number of aliphatic hydroxyl groups excluding tert-OH is 2. The lowest BCUT2D eigenvalue weighted by Crippen LogP contribution is -2.46. The highest BCUT2D eigenvalue weighted by Crippen LogP contribution is 3.00. The quantitative estimate of drug-likeness (QED) is 0.0162. The van der Waals surface area contributed by atoms with Crippen molar-refractivity contribution in [2.75, 3.05) is 81.7 Å². The first-order chi connectivity index (χ1) is 65.8. The van der Waals surface area contributed by atoms with E-state index < -0.39 is 11.5 Å². The lowest BCUT2D eigenvalue weighted by molar-refractivity contribution is 0.0669. The number of terminal acetylenes is 3. The standard InChI is InChI=1S/C22H2.C21H4.C20H19BrN4O3.C10H14BrNO2.C10H9N3O3.C8H8Br2O.C6H5BrO.C2H4Br2.C2H7NO.BrH.H10P8.H3P/c1-3-5-7-9-11-13-15-17-19-21-22-20-18-16-14-12-10-8-6-4-2;1-3-5-7-9-11-13-15-17-19-21-20-18-16-14-12-10-8-6-4-2;1-14-12-24(13-22-14)16-6-7-17-19(26)23(8-9-25(17)20(16)27)10-11-28-18-5-3-2-4-15(18)21;11-9-3-1-2-4-10(9)14-8-6-12-5-7-13;1-6-4-13(5-11-6)8-3-2-7(10(15)16)12-9(8)14;9-5-6-11-8-4-2-1-3-7(8)10;7-5-3-1-2-4-6(5)8;2*3-1-2-4;;1-6(2)8(5)7(3)4;/h1-2H;1H,2H3;2-7,12-13H,8-11H2,1H3;1-4,12-13H,5-8H2;2-5H,1H3,(H,12,14)(H,15,16);1-4H,5-6H2;1-4,8H;1-2H2;4H,1-3H2;1H;1-5H2;1H3. The van der Waals surface area contributed by atoms with Crippen LogP contribution in [-0.2, 0) is 6.54 Å². The lowest BCUT2D eigenvalue weighted by Gasteiger charge is -2.29. The number of amides is 1. The number of alkyl halides is 3. The number of hydrogen-bond acceptors (Lipinski definition) is 14. The molecule has 0 radical (unpaired) electrons. The number of para-hydroxylation sites is 4. The number of carboxylic acid groups (broad SMARTS) is 1. The number of nitrogens with one attached hydrogen (secondary N) is 2. The van der Waals surface area contributed by atoms with Crippen molar-refractivity contribution < 1.29 is 44.2 Å². The molecule has 0 bridgehead atoms. The monoisotopic (exact) mass is 2510 g/mol. The van der Waals surface area contributed by atoms with Gasteiger partial charge in [-0.2, -0.15) is 9.90 Å². The molecule has 702 valence electrons. The largest absolute Gasteiger partial charge is 0.507 e. The fraction of sp³-hybridized carbons (Fsp3) is 0.168. The van der Waals surface area contributed by atoms with Gasteiger partial charge in [-0.05, 0) is 368 Å². The third-order valence-corrected chi connectivity index (χ3v) is 56.2. The number of fused-ring (bicyclic) bond motifs is 1. The number of H-pyrrole nitrogens is 1. The molecule has 6 atom stereocenters. The van der Waals surface area contributed by atoms with Gasteiger partial charge < -0.3 is 69.3 Å². The number of nitrogens with two attached hydrogens (primary N) is 1. The number of aromatic carboxylic acids is 1. The highest BCUT2D eigenvalue weighted by atomic mass is 79.9. The minimum Gasteiger partial charge on any atom is -0.507 e. The molecule has 37 heteroatoms. The van der Waals surface area contributed by atoms with E-state index in [1.807, 2.05) is 85.8 Å². The van der Waals surface area contributed by atoms with Gasteiger partial charge in [0.25, 0.3) is 17.0 Å². The maximum absolute atomic E-state index is 12.8. The molecule has 4 aromatic carbocycles. The van der Waals surface area contributed by atoms with E-state index in [-0.39, 0.29) is 84.0 Å². The summed E-state index contributed by atoms with van der Waals surface area (Å²) in [6, 6.07) is 36.3. The first-order valence-corrected chi connectivity index (χ1v) is 58.2. The number of hydrogen-bond donors (Lipinski definition) is 7. The van der Waals surface area contributed by atoms with Crippen LogP contribution in [0.1, 0.15) is 39.3 Å². The van der Waals surface area contributed by atoms with Crippen LogP contribution in [0.2, 0.25) is 0 Å². The van der Waals surface area contributed by atoms with Gasteiger partial charge >= 0.3 is 5.97 Å². The summed E-state index contributed by atoms with van der Waals surface area (Å²) < 4.78 is 25.0. The summed E-state index contributed by atoms with van der Waals surface area (Å²) in [4.78, 5) is 60.0. The fourth-order valence-corrected chi connectivity index (χ4v) is 38.5. The molecule has 1 aliphatic rings. The number of imidazole rings is 2. The number of pyridine rings is 2. The Morgan fingerprint density at radius 1 is 0.486 bits per heavy atom. The number of aromatic hydroxyl groups is 1. The Balaban J connectivity index is -0.00000153. The number of aryl methyl sites for hydroxylation is 2. The number of benzene rings is 4. The molecule has 4 aromatic heterocycles. The molecule has 8 aromatic rings. The van der Waals surface area contributed by atoms with Gasteiger partial charge in [0.1, 0.15) is 59.0 Å². The number of carboxylic acids is 1. The van der Waals surface area contributed by atoms with Crippen LogP contribution in [0.5, 0.6) is 23.0 Å². The van der Waals surface area contributed by atoms with Gasteiger partial charge in [0.15, 0.2) is 0 Å². The molecule has 1 amide bonds. The molecule has 0 saturated carbocycles. The Morgan fingerprint density at radius 2 is 0.833 bits per heavy atom. The highest BCUT2D eigenvalue weighted by molar-refractivity contribution is 9.12. The SMILES string of the molecule is Br.BrCCBr.BrCCOc1ccccc1Br.C#CC#CC#CC#CC#CC#CC#CC#CC#CC#CC.C#CC#CC#CC#CC#CC#CC#CC#CC#CC#CC#C.Cc1cn(-c2ccc(C(=O)O)[nH]c2=O)cn1.Cc1cn(-c2ccc3n(c2=O)CCN(CCOc2ccccc2Br)C3=O)cn1.NCCO.OCCNCCOc1ccccc1Br.Oc1ccccc1Br.P.PP(P)P(P)P(P)P. The smallest absolute Gasteiger partial charge is 0.352 e. The summed E-state index contributed by atoms with van der Waals surface area (Å²) in [6.07, 6.45) is 21.3. The number of aliphatic hydroxyl groups is 2. The van der Waals surface area contributed by atoms with Crippen LogP contribution in [0.4, 0.5) is 0 Å². The summed E-state index contributed by atoms with van der Waals surface area (Å²) >= 11 is 23.1. The number of phenolic OH excluding ortho intramolecular Hbond substituents is 1. The molecule has 0 aliphatic carbocycles. The number of phenols is 1. The maximum Gasteiger partial charge on any atom is 0.352 e. The van der Waals surface area contributed by atoms with Crippen molar-refractivity contribution in [1.29, 1.82) is 0 Å². The summed E-state index contributed by atoms with van der Waals surface area (Å²) in [7, 11) is 14.4. The fourth-order valence-electron chi connectivity index (χ4n) is 8.02. The average molecular weight is 2520 g/mol. The second-order valence-electron chi connectivity index (χ2n) is 23.1. The number of rotatable bonds is 20. The van der Waals surface area contributed by atoms with Crippen molar-refractivity contribution in [2.45, 2.75) is 27.3 Å². The zero-order chi connectivity index (χ0) is 101. The molecule has 5 heterocycles. The van der Waals surface area contributed by atoms with Gasteiger partial charge in [-0.15, -0.1) is 80.9 Å². The Bertz CT molecular complexity index is 6690. The number of halogens is 8. The first kappa shape index (κ1) is 132. The molecule has 20 nitrogen and oxygen atoms in total. The van der Waals surface area contributed by atoms with Crippen molar-refractivity contribution in [3.63, 3.8) is 0 Å². The Kier molecular flexibility index (Phi) is 86.4. The van der Waals surface area contributed by atoms with Crippen LogP contribution in [0, 0.1) is 264 Å². The van der Waals surface area contributed by atoms with Crippen LogP contribution in [-0.4, -0.2) is 148 Å². The molecule has 9 rings (SSSR count). The average Bonchev–Trinajstić information content (AvgIpc) is 1.14. The first-order valence-electron chi connectivity index (χ1n) is 38.1. The van der Waals surface area contributed by atoms with E-state index in [0.29, 0.717) is 69.6 Å². The predicted octanol–water partition coefficient (Wildman–Crippen LogP) is 16.5. The summed E-state index contributed by atoms with van der Waals surface area (Å²) in [5.41, 5.74) is 6.83. The Labute approximate surface area is 897 Å². The zero-order valence-corrected chi connectivity index (χ0v) is 96.6. The summed E-state index contributed by atoms with van der Waals surface area (Å²) in [5.74, 6) is 96.6. The van der Waals surface area contributed by atoms with E-state index in [2.05, 4.69) is 407 Å².